The Bertz CT molecular complexity index is 2750. The Morgan fingerprint density at radius 2 is 0.466 bits per heavy atom. The minimum absolute atomic E-state index is 0.449. The summed E-state index contributed by atoms with van der Waals surface area (Å²) in [5.74, 6) is 1.85. The van der Waals surface area contributed by atoms with E-state index in [4.69, 9.17) is 8.83 Å². The van der Waals surface area contributed by atoms with Crippen LogP contribution in [0.4, 0.5) is 0 Å². The number of hydrogen-bond donors (Lipinski definition) is 0. The molecule has 10 rings (SSSR count). The highest BCUT2D eigenvalue weighted by Crippen LogP contribution is 2.43. The molecule has 0 radical (unpaired) electrons. The van der Waals surface area contributed by atoms with E-state index in [1.54, 1.807) is 0 Å². The van der Waals surface area contributed by atoms with Gasteiger partial charge < -0.3 is 8.83 Å². The van der Waals surface area contributed by atoms with Crippen molar-refractivity contribution < 1.29 is 8.83 Å². The van der Waals surface area contributed by atoms with Crippen molar-refractivity contribution in [3.8, 4) is 101 Å². The summed E-state index contributed by atoms with van der Waals surface area (Å²) in [5, 5.41) is 17.8. The van der Waals surface area contributed by atoms with E-state index in [9.17, 15) is 0 Å². The van der Waals surface area contributed by atoms with Gasteiger partial charge in [-0.15, -0.1) is 20.4 Å². The summed E-state index contributed by atoms with van der Waals surface area (Å²) in [6.07, 6.45) is 0. The Hall–Kier alpha value is -7.96. The fourth-order valence-corrected chi connectivity index (χ4v) is 7.32. The SMILES string of the molecule is c1ccc(-c2ccc(-c3cc(-c4nnc(-c5ccccc5)o4)ccc3-c3ccc(-c4nnc(-c5ccccc5)o4)cc3-c3ccc(-c4ccccc4)cc3)cc2)cc1. The molecule has 58 heavy (non-hydrogen) atoms. The molecule has 0 aliphatic heterocycles. The summed E-state index contributed by atoms with van der Waals surface area (Å²) in [6.45, 7) is 0. The van der Waals surface area contributed by atoms with Gasteiger partial charge in [-0.2, -0.15) is 0 Å². The Kier molecular flexibility index (Phi) is 9.10. The van der Waals surface area contributed by atoms with Crippen LogP contribution in [0.25, 0.3) is 101 Å². The zero-order chi connectivity index (χ0) is 38.7. The third-order valence-electron chi connectivity index (χ3n) is 10.3. The monoisotopic (exact) mass is 746 g/mol. The molecule has 0 saturated carbocycles. The minimum Gasteiger partial charge on any atom is -0.416 e. The second-order valence-corrected chi connectivity index (χ2v) is 14.0. The predicted molar refractivity (Wildman–Crippen MR) is 231 cm³/mol. The van der Waals surface area contributed by atoms with Crippen LogP contribution in [0.3, 0.4) is 0 Å². The molecular weight excluding hydrogens is 713 g/mol. The van der Waals surface area contributed by atoms with Crippen LogP contribution in [0.1, 0.15) is 0 Å². The maximum absolute atomic E-state index is 6.26. The highest BCUT2D eigenvalue weighted by Gasteiger charge is 2.20. The molecule has 0 N–H and O–H groups in total. The van der Waals surface area contributed by atoms with Crippen molar-refractivity contribution >= 4 is 0 Å². The molecule has 6 heteroatoms. The number of benzene rings is 8. The molecule has 0 atom stereocenters. The van der Waals surface area contributed by atoms with Crippen LogP contribution in [0, 0.1) is 0 Å². The van der Waals surface area contributed by atoms with Crippen LogP contribution < -0.4 is 0 Å². The van der Waals surface area contributed by atoms with Crippen molar-refractivity contribution in [3.05, 3.63) is 206 Å². The Morgan fingerprint density at radius 1 is 0.207 bits per heavy atom. The standard InChI is InChI=1S/C52H34N4O2/c1-5-13-35(14-6-1)37-21-25-39(26-22-37)47-33-43(51-55-53-49(57-51)41-17-9-3-10-18-41)29-31-45(47)46-32-30-44(52-56-54-50(58-52)42-19-11-4-12-20-42)34-48(46)40-27-23-38(24-28-40)36-15-7-2-8-16-36/h1-34H. The Labute approximate surface area is 335 Å². The van der Waals surface area contributed by atoms with Crippen LogP contribution in [-0.4, -0.2) is 20.4 Å². The second-order valence-electron chi connectivity index (χ2n) is 14.0. The molecule has 6 nitrogen and oxygen atoms in total. The third kappa shape index (κ3) is 6.91. The fraction of sp³-hybridized carbons (Fsp3) is 0. The van der Waals surface area contributed by atoms with Crippen molar-refractivity contribution in [1.29, 1.82) is 0 Å². The maximum atomic E-state index is 6.26. The van der Waals surface area contributed by atoms with E-state index in [0.717, 1.165) is 77.9 Å². The third-order valence-corrected chi connectivity index (χ3v) is 10.3. The molecule has 0 aliphatic rings. The lowest BCUT2D eigenvalue weighted by Gasteiger charge is -2.17. The summed E-state index contributed by atoms with van der Waals surface area (Å²) < 4.78 is 12.5. The van der Waals surface area contributed by atoms with E-state index in [1.165, 1.54) is 0 Å². The first-order chi connectivity index (χ1) is 28.7. The van der Waals surface area contributed by atoms with Gasteiger partial charge in [-0.3, -0.25) is 0 Å². The van der Waals surface area contributed by atoms with E-state index < -0.39 is 0 Å². The van der Waals surface area contributed by atoms with E-state index in [2.05, 4.69) is 154 Å². The van der Waals surface area contributed by atoms with Crippen molar-refractivity contribution in [1.82, 2.24) is 20.4 Å². The molecule has 0 fully saturated rings. The average molecular weight is 747 g/mol. The predicted octanol–water partition coefficient (Wildman–Crippen LogP) is 13.5. The van der Waals surface area contributed by atoms with Gasteiger partial charge in [0.1, 0.15) is 0 Å². The molecule has 0 unspecified atom stereocenters. The van der Waals surface area contributed by atoms with E-state index in [1.807, 2.05) is 72.8 Å². The van der Waals surface area contributed by atoms with Crippen LogP contribution >= 0.6 is 0 Å². The van der Waals surface area contributed by atoms with Gasteiger partial charge in [0, 0.05) is 22.3 Å². The van der Waals surface area contributed by atoms with Crippen molar-refractivity contribution in [3.63, 3.8) is 0 Å². The molecule has 0 amide bonds. The van der Waals surface area contributed by atoms with E-state index in [-0.39, 0.29) is 0 Å². The molecule has 0 spiro atoms. The number of nitrogens with zero attached hydrogens (tertiary/aromatic N) is 4. The summed E-state index contributed by atoms with van der Waals surface area (Å²) in [4.78, 5) is 0. The lowest BCUT2D eigenvalue weighted by molar-refractivity contribution is 0.584. The van der Waals surface area contributed by atoms with E-state index >= 15 is 0 Å². The van der Waals surface area contributed by atoms with Gasteiger partial charge in [0.15, 0.2) is 0 Å². The molecule has 10 aromatic rings. The first kappa shape index (κ1) is 34.5. The fourth-order valence-electron chi connectivity index (χ4n) is 7.32. The molecule has 2 aromatic heterocycles. The molecular formula is C52H34N4O2. The Morgan fingerprint density at radius 3 is 0.810 bits per heavy atom. The summed E-state index contributed by atoms with van der Waals surface area (Å²) in [6, 6.07) is 70.6. The zero-order valence-corrected chi connectivity index (χ0v) is 31.2. The summed E-state index contributed by atoms with van der Waals surface area (Å²) in [7, 11) is 0. The van der Waals surface area contributed by atoms with Crippen molar-refractivity contribution in [2.24, 2.45) is 0 Å². The highest BCUT2D eigenvalue weighted by atomic mass is 16.4. The van der Waals surface area contributed by atoms with Crippen LogP contribution in [-0.2, 0) is 0 Å². The zero-order valence-electron chi connectivity index (χ0n) is 31.2. The second kappa shape index (κ2) is 15.3. The van der Waals surface area contributed by atoms with Gasteiger partial charge in [0.25, 0.3) is 0 Å². The maximum Gasteiger partial charge on any atom is 0.248 e. The van der Waals surface area contributed by atoms with Gasteiger partial charge in [-0.1, -0.05) is 158 Å². The number of rotatable bonds is 9. The minimum atomic E-state index is 0.449. The largest absolute Gasteiger partial charge is 0.416 e. The topological polar surface area (TPSA) is 77.8 Å². The molecule has 2 heterocycles. The van der Waals surface area contributed by atoms with Gasteiger partial charge >= 0.3 is 0 Å². The smallest absolute Gasteiger partial charge is 0.248 e. The molecule has 8 aromatic carbocycles. The van der Waals surface area contributed by atoms with Crippen LogP contribution in [0.15, 0.2) is 215 Å². The lowest BCUT2D eigenvalue weighted by atomic mass is 9.86. The first-order valence-corrected chi connectivity index (χ1v) is 19.1. The molecule has 0 bridgehead atoms. The van der Waals surface area contributed by atoms with Crippen molar-refractivity contribution in [2.45, 2.75) is 0 Å². The quantitative estimate of drug-likeness (QED) is 0.146. The summed E-state index contributed by atoms with van der Waals surface area (Å²) in [5.41, 5.74) is 14.2. The summed E-state index contributed by atoms with van der Waals surface area (Å²) >= 11 is 0. The highest BCUT2D eigenvalue weighted by molar-refractivity contribution is 5.95. The number of aromatic nitrogens is 4. The molecule has 274 valence electrons. The van der Waals surface area contributed by atoms with Gasteiger partial charge in [0.05, 0.1) is 0 Å². The number of hydrogen-bond acceptors (Lipinski definition) is 6. The van der Waals surface area contributed by atoms with E-state index in [0.29, 0.717) is 23.6 Å². The molecule has 0 saturated heterocycles. The lowest BCUT2D eigenvalue weighted by Crippen LogP contribution is -1.92. The first-order valence-electron chi connectivity index (χ1n) is 19.1. The van der Waals surface area contributed by atoms with Crippen molar-refractivity contribution in [2.75, 3.05) is 0 Å². The van der Waals surface area contributed by atoms with Gasteiger partial charge in [0.2, 0.25) is 23.6 Å². The molecule has 0 aliphatic carbocycles. The van der Waals surface area contributed by atoms with Gasteiger partial charge in [-0.25, -0.2) is 0 Å². The normalized spacial score (nSPS) is 11.1. The average Bonchev–Trinajstić information content (AvgIpc) is 4.02. The Balaban J connectivity index is 1.12. The van der Waals surface area contributed by atoms with Gasteiger partial charge in [-0.05, 0) is 104 Å². The van der Waals surface area contributed by atoms with Crippen LogP contribution in [0.2, 0.25) is 0 Å². The van der Waals surface area contributed by atoms with Crippen LogP contribution in [0.5, 0.6) is 0 Å².